The third-order valence-electron chi connectivity index (χ3n) is 3.71. The Hall–Kier alpha value is -1.92. The Morgan fingerprint density at radius 2 is 2.29 bits per heavy atom. The van der Waals surface area contributed by atoms with E-state index in [0.717, 1.165) is 0 Å². The lowest BCUT2D eigenvalue weighted by Crippen LogP contribution is -2.20. The van der Waals surface area contributed by atoms with E-state index in [1.54, 1.807) is 18.2 Å². The highest BCUT2D eigenvalue weighted by atomic mass is 35.5. The molecule has 4 rings (SSSR count). The van der Waals surface area contributed by atoms with Crippen molar-refractivity contribution in [1.29, 1.82) is 0 Å². The van der Waals surface area contributed by atoms with Gasteiger partial charge in [-0.15, -0.1) is 0 Å². The van der Waals surface area contributed by atoms with Crippen molar-refractivity contribution in [3.05, 3.63) is 39.4 Å². The van der Waals surface area contributed by atoms with Crippen molar-refractivity contribution >= 4 is 33.7 Å². The number of hydrogen-bond acceptors (Lipinski definition) is 4. The van der Waals surface area contributed by atoms with Gasteiger partial charge in [-0.05, 0) is 18.2 Å². The van der Waals surface area contributed by atoms with Gasteiger partial charge in [0.05, 0.1) is 6.04 Å². The van der Waals surface area contributed by atoms with E-state index in [1.807, 2.05) is 0 Å². The van der Waals surface area contributed by atoms with Gasteiger partial charge in [-0.3, -0.25) is 4.79 Å². The van der Waals surface area contributed by atoms with Crippen LogP contribution < -0.4 is 10.9 Å². The van der Waals surface area contributed by atoms with Crippen LogP contribution in [0.5, 0.6) is 0 Å². The molecule has 0 aliphatic carbocycles. The molecule has 0 bridgehead atoms. The van der Waals surface area contributed by atoms with Gasteiger partial charge in [0.1, 0.15) is 23.1 Å². The second kappa shape index (κ2) is 4.54. The van der Waals surface area contributed by atoms with Gasteiger partial charge in [-0.1, -0.05) is 11.6 Å². The number of hydrogen-bond donors (Lipinski definition) is 2. The van der Waals surface area contributed by atoms with E-state index in [1.165, 1.54) is 0 Å². The van der Waals surface area contributed by atoms with Crippen molar-refractivity contribution in [2.24, 2.45) is 0 Å². The summed E-state index contributed by atoms with van der Waals surface area (Å²) in [6.45, 7) is 0.268. The summed E-state index contributed by atoms with van der Waals surface area (Å²) in [4.78, 5) is 19.3. The number of rotatable bonds is 1. The summed E-state index contributed by atoms with van der Waals surface area (Å²) < 4.78 is 18.8. The van der Waals surface area contributed by atoms with E-state index in [0.29, 0.717) is 33.8 Å². The molecule has 3 heterocycles. The fourth-order valence-corrected chi connectivity index (χ4v) is 2.88. The molecular weight excluding hydrogens is 297 g/mol. The van der Waals surface area contributed by atoms with Gasteiger partial charge in [0.2, 0.25) is 5.58 Å². The lowest BCUT2D eigenvalue weighted by Gasteiger charge is -2.08. The lowest BCUT2D eigenvalue weighted by atomic mass is 10.2. The van der Waals surface area contributed by atoms with Crippen LogP contribution in [0, 0.1) is 0 Å². The fraction of sp³-hybridized carbons (Fsp3) is 0.286. The summed E-state index contributed by atoms with van der Waals surface area (Å²) in [5.41, 5.74) is 0.792. The molecule has 2 N–H and O–H groups in total. The van der Waals surface area contributed by atoms with Crippen LogP contribution in [-0.2, 0) is 0 Å². The minimum absolute atomic E-state index is 0.158. The molecule has 1 fully saturated rings. The molecule has 0 radical (unpaired) electrons. The lowest BCUT2D eigenvalue weighted by molar-refractivity contribution is 0.355. The van der Waals surface area contributed by atoms with Crippen molar-refractivity contribution in [3.8, 4) is 0 Å². The number of halogens is 2. The molecule has 21 heavy (non-hydrogen) atoms. The van der Waals surface area contributed by atoms with Crippen molar-refractivity contribution in [2.75, 3.05) is 6.54 Å². The van der Waals surface area contributed by atoms with E-state index in [4.69, 9.17) is 16.0 Å². The highest BCUT2D eigenvalue weighted by Gasteiger charge is 2.27. The molecule has 0 spiro atoms. The summed E-state index contributed by atoms with van der Waals surface area (Å²) in [5.74, 6) is 0.426. The van der Waals surface area contributed by atoms with Crippen LogP contribution in [0.25, 0.3) is 22.1 Å². The molecule has 1 aromatic carbocycles. The predicted octanol–water partition coefficient (Wildman–Crippen LogP) is 2.70. The molecule has 1 aliphatic rings. The smallest absolute Gasteiger partial charge is 0.294 e. The zero-order valence-electron chi connectivity index (χ0n) is 10.8. The summed E-state index contributed by atoms with van der Waals surface area (Å²) in [7, 11) is 0. The van der Waals surface area contributed by atoms with Crippen LogP contribution in [0.2, 0.25) is 5.02 Å². The summed E-state index contributed by atoms with van der Waals surface area (Å²) in [6, 6.07) is 4.80. The Labute approximate surface area is 123 Å². The van der Waals surface area contributed by atoms with E-state index < -0.39 is 6.17 Å². The Balaban J connectivity index is 1.97. The average Bonchev–Trinajstić information content (AvgIpc) is 3.03. The Morgan fingerprint density at radius 1 is 1.43 bits per heavy atom. The zero-order chi connectivity index (χ0) is 14.6. The van der Waals surface area contributed by atoms with E-state index in [-0.39, 0.29) is 23.7 Å². The van der Waals surface area contributed by atoms with Crippen LogP contribution in [0.4, 0.5) is 4.39 Å². The average molecular weight is 308 g/mol. The minimum Gasteiger partial charge on any atom is -0.449 e. The SMILES string of the molecule is O=c1[nH]c([C@@H]2C[C@@H](F)CN2)nc2c1oc1ccc(Cl)cc12. The topological polar surface area (TPSA) is 70.9 Å². The molecule has 0 saturated carbocycles. The van der Waals surface area contributed by atoms with Gasteiger partial charge in [0.25, 0.3) is 5.56 Å². The van der Waals surface area contributed by atoms with Crippen molar-refractivity contribution < 1.29 is 8.81 Å². The van der Waals surface area contributed by atoms with Crippen LogP contribution >= 0.6 is 11.6 Å². The van der Waals surface area contributed by atoms with Gasteiger partial charge < -0.3 is 14.7 Å². The molecule has 108 valence electrons. The van der Waals surface area contributed by atoms with Gasteiger partial charge in [-0.2, -0.15) is 0 Å². The van der Waals surface area contributed by atoms with E-state index in [9.17, 15) is 9.18 Å². The number of benzene rings is 1. The molecular formula is C14H11ClFN3O2. The molecule has 2 aromatic heterocycles. The maximum atomic E-state index is 13.3. The third-order valence-corrected chi connectivity index (χ3v) is 3.95. The largest absolute Gasteiger partial charge is 0.449 e. The molecule has 2 atom stereocenters. The Bertz CT molecular complexity index is 904. The fourth-order valence-electron chi connectivity index (χ4n) is 2.71. The minimum atomic E-state index is -0.925. The number of alkyl halides is 1. The number of nitrogens with one attached hydrogen (secondary N) is 2. The highest BCUT2D eigenvalue weighted by Crippen LogP contribution is 2.29. The van der Waals surface area contributed by atoms with Crippen molar-refractivity contribution in [2.45, 2.75) is 18.6 Å². The first-order chi connectivity index (χ1) is 10.1. The number of aromatic nitrogens is 2. The first-order valence-corrected chi connectivity index (χ1v) is 6.99. The standard InChI is InChI=1S/C14H11ClFN3O2/c15-6-1-2-10-8(3-6)11-12(21-10)14(20)19-13(18-11)9-4-7(16)5-17-9/h1-3,7,9,17H,4-5H2,(H,18,19,20)/t7-,9+/m1/s1. The molecule has 0 unspecified atom stereocenters. The number of furan rings is 1. The zero-order valence-corrected chi connectivity index (χ0v) is 11.6. The van der Waals surface area contributed by atoms with Gasteiger partial charge >= 0.3 is 0 Å². The number of fused-ring (bicyclic) bond motifs is 3. The number of H-pyrrole nitrogens is 1. The molecule has 5 nitrogen and oxygen atoms in total. The van der Waals surface area contributed by atoms with Crippen LogP contribution in [-0.4, -0.2) is 22.7 Å². The van der Waals surface area contributed by atoms with E-state index >= 15 is 0 Å². The summed E-state index contributed by atoms with van der Waals surface area (Å²) in [6.07, 6.45) is -0.628. The first kappa shape index (κ1) is 12.8. The molecule has 1 aliphatic heterocycles. The quantitative estimate of drug-likeness (QED) is 0.725. The Morgan fingerprint density at radius 3 is 3.05 bits per heavy atom. The third kappa shape index (κ3) is 2.02. The summed E-state index contributed by atoms with van der Waals surface area (Å²) >= 11 is 5.98. The second-order valence-electron chi connectivity index (χ2n) is 5.17. The normalized spacial score (nSPS) is 22.4. The number of nitrogens with zero attached hydrogens (tertiary/aromatic N) is 1. The van der Waals surface area contributed by atoms with Crippen LogP contribution in [0.3, 0.4) is 0 Å². The van der Waals surface area contributed by atoms with Crippen molar-refractivity contribution in [1.82, 2.24) is 15.3 Å². The van der Waals surface area contributed by atoms with Crippen LogP contribution in [0.1, 0.15) is 18.3 Å². The van der Waals surface area contributed by atoms with Gasteiger partial charge in [0.15, 0.2) is 0 Å². The molecule has 7 heteroatoms. The maximum Gasteiger partial charge on any atom is 0.294 e. The highest BCUT2D eigenvalue weighted by molar-refractivity contribution is 6.31. The van der Waals surface area contributed by atoms with Gasteiger partial charge in [-0.25, -0.2) is 9.37 Å². The van der Waals surface area contributed by atoms with E-state index in [2.05, 4.69) is 15.3 Å². The monoisotopic (exact) mass is 307 g/mol. The van der Waals surface area contributed by atoms with Gasteiger partial charge in [0, 0.05) is 23.4 Å². The van der Waals surface area contributed by atoms with Crippen LogP contribution in [0.15, 0.2) is 27.4 Å². The summed E-state index contributed by atoms with van der Waals surface area (Å²) in [5, 5.41) is 4.22. The molecule has 3 aromatic rings. The first-order valence-electron chi connectivity index (χ1n) is 6.61. The predicted molar refractivity (Wildman–Crippen MR) is 77.4 cm³/mol. The number of aromatic amines is 1. The second-order valence-corrected chi connectivity index (χ2v) is 5.60. The van der Waals surface area contributed by atoms with Crippen molar-refractivity contribution in [3.63, 3.8) is 0 Å². The molecule has 0 amide bonds. The maximum absolute atomic E-state index is 13.3. The molecule has 1 saturated heterocycles. The Kier molecular flexibility index (Phi) is 2.77.